The Balaban J connectivity index is 1.47. The molecule has 5 nitrogen and oxygen atoms in total. The molecule has 0 N–H and O–H groups in total. The standard InChI is InChI=1S/C19H21N3O2Se/c1-24-17-8-4-2-6-15(17)21-12-10-20(11-13-21)14-22-16-7-3-5-9-18(16)25-19(22)23/h2-9H,10-14H2,1H3. The molecule has 2 aromatic carbocycles. The Bertz CT molecular complexity index is 926. The van der Waals surface area contributed by atoms with Gasteiger partial charge in [0.25, 0.3) is 0 Å². The van der Waals surface area contributed by atoms with Crippen molar-refractivity contribution in [1.82, 2.24) is 9.47 Å². The van der Waals surface area contributed by atoms with Crippen LogP contribution in [0.5, 0.6) is 5.75 Å². The van der Waals surface area contributed by atoms with Crippen LogP contribution in [0.1, 0.15) is 0 Å². The zero-order chi connectivity index (χ0) is 17.2. The molecule has 25 heavy (non-hydrogen) atoms. The molecule has 0 saturated carbocycles. The number of hydrogen-bond donors (Lipinski definition) is 0. The molecule has 0 radical (unpaired) electrons. The minimum absolute atomic E-state index is 0.0736. The fourth-order valence-corrected chi connectivity index (χ4v) is 5.22. The maximum atomic E-state index is 12.4. The van der Waals surface area contributed by atoms with Gasteiger partial charge in [-0.2, -0.15) is 0 Å². The number of para-hydroxylation sites is 3. The van der Waals surface area contributed by atoms with E-state index >= 15 is 0 Å². The number of nitrogens with zero attached hydrogens (tertiary/aromatic N) is 3. The molecule has 1 aromatic heterocycles. The van der Waals surface area contributed by atoms with Crippen LogP contribution in [0, 0.1) is 0 Å². The van der Waals surface area contributed by atoms with E-state index in [1.807, 2.05) is 34.9 Å². The molecule has 1 saturated heterocycles. The van der Waals surface area contributed by atoms with Gasteiger partial charge in [-0.15, -0.1) is 0 Å². The Morgan fingerprint density at radius 2 is 1.72 bits per heavy atom. The summed E-state index contributed by atoms with van der Waals surface area (Å²) in [6.45, 7) is 4.45. The van der Waals surface area contributed by atoms with Crippen molar-refractivity contribution in [2.75, 3.05) is 38.2 Å². The average Bonchev–Trinajstić information content (AvgIpc) is 2.98. The summed E-state index contributed by atoms with van der Waals surface area (Å²) in [7, 11) is 1.72. The van der Waals surface area contributed by atoms with Gasteiger partial charge in [0.05, 0.1) is 0 Å². The number of anilines is 1. The minimum atomic E-state index is -0.0736. The van der Waals surface area contributed by atoms with Gasteiger partial charge in [0.1, 0.15) is 0 Å². The third kappa shape index (κ3) is 3.25. The number of methoxy groups -OCH3 is 1. The van der Waals surface area contributed by atoms with Gasteiger partial charge >= 0.3 is 153 Å². The molecule has 0 bridgehead atoms. The van der Waals surface area contributed by atoms with Crippen LogP contribution in [-0.4, -0.2) is 57.3 Å². The summed E-state index contributed by atoms with van der Waals surface area (Å²) in [5.74, 6) is 0.919. The number of aromatic nitrogens is 1. The molecule has 6 heteroatoms. The monoisotopic (exact) mass is 403 g/mol. The van der Waals surface area contributed by atoms with Crippen molar-refractivity contribution in [2.45, 2.75) is 6.67 Å². The Kier molecular flexibility index (Phi) is 4.66. The van der Waals surface area contributed by atoms with Crippen molar-refractivity contribution >= 4 is 30.0 Å². The molecule has 0 amide bonds. The van der Waals surface area contributed by atoms with E-state index in [1.165, 1.54) is 4.26 Å². The van der Waals surface area contributed by atoms with Crippen LogP contribution >= 0.6 is 0 Å². The molecule has 0 spiro atoms. The van der Waals surface area contributed by atoms with Gasteiger partial charge in [-0.05, 0) is 0 Å². The van der Waals surface area contributed by atoms with Crippen molar-refractivity contribution < 1.29 is 4.74 Å². The van der Waals surface area contributed by atoms with Crippen LogP contribution in [0.3, 0.4) is 0 Å². The van der Waals surface area contributed by atoms with E-state index < -0.39 is 0 Å². The van der Waals surface area contributed by atoms with Crippen molar-refractivity contribution in [3.05, 3.63) is 57.8 Å². The fourth-order valence-electron chi connectivity index (χ4n) is 3.37. The van der Waals surface area contributed by atoms with Crippen LogP contribution in [0.15, 0.2) is 53.3 Å². The summed E-state index contributed by atoms with van der Waals surface area (Å²) >= 11 is -0.0736. The Morgan fingerprint density at radius 3 is 2.52 bits per heavy atom. The van der Waals surface area contributed by atoms with Crippen LogP contribution in [0.25, 0.3) is 9.78 Å². The van der Waals surface area contributed by atoms with Crippen molar-refractivity contribution in [1.29, 1.82) is 0 Å². The number of ether oxygens (including phenoxy) is 1. The van der Waals surface area contributed by atoms with Gasteiger partial charge in [0.15, 0.2) is 0 Å². The number of benzene rings is 2. The van der Waals surface area contributed by atoms with Gasteiger partial charge in [-0.25, -0.2) is 0 Å². The Labute approximate surface area is 152 Å². The quantitative estimate of drug-likeness (QED) is 0.625. The van der Waals surface area contributed by atoms with Crippen LogP contribution in [0.2, 0.25) is 0 Å². The second-order valence-corrected chi connectivity index (χ2v) is 8.27. The zero-order valence-electron chi connectivity index (χ0n) is 14.2. The van der Waals surface area contributed by atoms with Crippen molar-refractivity contribution in [3.63, 3.8) is 0 Å². The molecule has 1 aliphatic rings. The van der Waals surface area contributed by atoms with Gasteiger partial charge in [0.2, 0.25) is 0 Å². The van der Waals surface area contributed by atoms with Crippen LogP contribution in [0.4, 0.5) is 5.69 Å². The first-order chi connectivity index (χ1) is 12.3. The van der Waals surface area contributed by atoms with Crippen LogP contribution < -0.4 is 14.1 Å². The first kappa shape index (κ1) is 16.5. The molecule has 130 valence electrons. The van der Waals surface area contributed by atoms with Gasteiger partial charge < -0.3 is 0 Å². The van der Waals surface area contributed by atoms with E-state index in [4.69, 9.17) is 4.74 Å². The summed E-state index contributed by atoms with van der Waals surface area (Å²) in [4.78, 5) is 17.1. The maximum absolute atomic E-state index is 12.4. The number of hydrogen-bond acceptors (Lipinski definition) is 4. The van der Waals surface area contributed by atoms with E-state index in [2.05, 4.69) is 28.0 Å². The molecule has 0 unspecified atom stereocenters. The molecule has 3 aromatic rings. The average molecular weight is 402 g/mol. The molecule has 0 atom stereocenters. The normalized spacial score (nSPS) is 15.6. The molecule has 4 rings (SSSR count). The summed E-state index contributed by atoms with van der Waals surface area (Å²) in [5.41, 5.74) is 2.25. The molecule has 1 aliphatic heterocycles. The number of rotatable bonds is 4. The number of piperazine rings is 1. The van der Waals surface area contributed by atoms with E-state index in [0.717, 1.165) is 43.1 Å². The zero-order valence-corrected chi connectivity index (χ0v) is 15.9. The third-order valence-corrected chi connectivity index (χ3v) is 6.73. The molecular formula is C19H21N3O2Se. The first-order valence-corrected chi connectivity index (χ1v) is 10.2. The fraction of sp³-hybridized carbons (Fsp3) is 0.316. The predicted molar refractivity (Wildman–Crippen MR) is 102 cm³/mol. The second-order valence-electron chi connectivity index (χ2n) is 6.18. The molecular weight excluding hydrogens is 381 g/mol. The van der Waals surface area contributed by atoms with E-state index in [9.17, 15) is 4.79 Å². The summed E-state index contributed by atoms with van der Waals surface area (Å²) < 4.78 is 8.90. The first-order valence-electron chi connectivity index (χ1n) is 8.45. The predicted octanol–water partition coefficient (Wildman–Crippen LogP) is 1.85. The molecule has 1 fully saturated rings. The summed E-state index contributed by atoms with van der Waals surface area (Å²) in [6, 6.07) is 16.3. The second kappa shape index (κ2) is 7.08. The SMILES string of the molecule is COc1ccccc1N1CCN(Cn2c(=O)[se]c3ccccc32)CC1. The van der Waals surface area contributed by atoms with Crippen LogP contribution in [-0.2, 0) is 6.67 Å². The summed E-state index contributed by atoms with van der Waals surface area (Å²) in [5, 5.41) is 0. The molecule has 0 aliphatic carbocycles. The Morgan fingerprint density at radius 1 is 1.00 bits per heavy atom. The number of fused-ring (bicyclic) bond motifs is 1. The van der Waals surface area contributed by atoms with Gasteiger partial charge in [0, 0.05) is 0 Å². The van der Waals surface area contributed by atoms with E-state index in [0.29, 0.717) is 6.67 Å². The van der Waals surface area contributed by atoms with Crippen molar-refractivity contribution in [2.24, 2.45) is 0 Å². The topological polar surface area (TPSA) is 37.7 Å². The van der Waals surface area contributed by atoms with Crippen molar-refractivity contribution in [3.8, 4) is 5.75 Å². The summed E-state index contributed by atoms with van der Waals surface area (Å²) in [6.07, 6.45) is 0. The molecule has 2 heterocycles. The van der Waals surface area contributed by atoms with E-state index in [-0.39, 0.29) is 18.9 Å². The van der Waals surface area contributed by atoms with E-state index in [1.54, 1.807) is 7.11 Å². The van der Waals surface area contributed by atoms with Gasteiger partial charge in [-0.1, -0.05) is 0 Å². The van der Waals surface area contributed by atoms with Gasteiger partial charge in [-0.3, -0.25) is 0 Å². The Hall–Kier alpha value is -2.01. The third-order valence-electron chi connectivity index (χ3n) is 4.71.